The summed E-state index contributed by atoms with van der Waals surface area (Å²) < 4.78 is 0. The lowest BCUT2D eigenvalue weighted by molar-refractivity contribution is -0.140. The minimum Gasteiger partial charge on any atom is -0.481 e. The van der Waals surface area contributed by atoms with Gasteiger partial charge < -0.3 is 15.3 Å². The molecule has 0 aliphatic heterocycles. The van der Waals surface area contributed by atoms with Crippen LogP contribution in [-0.4, -0.2) is 33.2 Å². The van der Waals surface area contributed by atoms with Gasteiger partial charge >= 0.3 is 17.9 Å². The summed E-state index contributed by atoms with van der Waals surface area (Å²) in [6, 6.07) is 8.71. The van der Waals surface area contributed by atoms with E-state index in [9.17, 15) is 14.4 Å². The Bertz CT molecular complexity index is 567. The Kier molecular flexibility index (Phi) is 5.22. The van der Waals surface area contributed by atoms with Gasteiger partial charge in [0.05, 0.1) is 6.42 Å². The Morgan fingerprint density at radius 2 is 1.50 bits per heavy atom. The highest BCUT2D eigenvalue weighted by molar-refractivity contribution is 6.14. The summed E-state index contributed by atoms with van der Waals surface area (Å²) in [5, 5.41) is 26.5. The van der Waals surface area contributed by atoms with Crippen LogP contribution in [0.4, 0.5) is 0 Å². The third-order valence-electron chi connectivity index (χ3n) is 2.37. The van der Waals surface area contributed by atoms with Crippen molar-refractivity contribution in [1.82, 2.24) is 0 Å². The van der Waals surface area contributed by atoms with Crippen molar-refractivity contribution in [2.75, 3.05) is 0 Å². The molecule has 1 rings (SSSR count). The first kappa shape index (κ1) is 15.2. The monoisotopic (exact) mass is 276 g/mol. The second-order valence-corrected chi connectivity index (χ2v) is 3.83. The van der Waals surface area contributed by atoms with Crippen molar-refractivity contribution in [1.29, 1.82) is 0 Å². The van der Waals surface area contributed by atoms with Gasteiger partial charge in [-0.05, 0) is 11.1 Å². The molecule has 0 spiro atoms. The smallest absolute Gasteiger partial charge is 0.343 e. The van der Waals surface area contributed by atoms with Crippen LogP contribution in [0.5, 0.6) is 0 Å². The first-order chi connectivity index (χ1) is 9.41. The third kappa shape index (κ3) is 4.41. The molecule has 3 N–H and O–H groups in total. The fourth-order valence-corrected chi connectivity index (χ4v) is 1.52. The number of allylic oxidation sites excluding steroid dienone is 1. The van der Waals surface area contributed by atoms with Gasteiger partial charge in [-0.2, -0.15) is 0 Å². The molecule has 6 nitrogen and oxygen atoms in total. The number of carboxylic acid groups (broad SMARTS) is 3. The standard InChI is InChI=1S/C14H12O6/c15-11(16)8-10(12(13(17)18)14(19)20)7-6-9-4-2-1-3-5-9/h1-7H,8H2,(H,15,16)(H,17,18)(H,19,20)/b7-6+. The first-order valence-electron chi connectivity index (χ1n) is 5.56. The summed E-state index contributed by atoms with van der Waals surface area (Å²) in [4.78, 5) is 32.5. The maximum Gasteiger partial charge on any atom is 0.343 e. The maximum atomic E-state index is 10.9. The normalized spacial score (nSPS) is 10.2. The molecule has 104 valence electrons. The van der Waals surface area contributed by atoms with Crippen molar-refractivity contribution in [3.63, 3.8) is 0 Å². The summed E-state index contributed by atoms with van der Waals surface area (Å²) in [6.45, 7) is 0. The summed E-state index contributed by atoms with van der Waals surface area (Å²) in [5.74, 6) is -4.66. The Morgan fingerprint density at radius 3 is 1.95 bits per heavy atom. The van der Waals surface area contributed by atoms with Crippen LogP contribution < -0.4 is 0 Å². The number of rotatable bonds is 6. The second-order valence-electron chi connectivity index (χ2n) is 3.83. The van der Waals surface area contributed by atoms with E-state index in [0.29, 0.717) is 5.56 Å². The van der Waals surface area contributed by atoms with Crippen LogP contribution in [0.25, 0.3) is 6.08 Å². The molecule has 0 radical (unpaired) electrons. The predicted octanol–water partition coefficient (Wildman–Crippen LogP) is 1.64. The molecule has 0 atom stereocenters. The molecule has 0 saturated carbocycles. The molecule has 0 aliphatic carbocycles. The van der Waals surface area contributed by atoms with Crippen molar-refractivity contribution in [3.05, 3.63) is 53.1 Å². The van der Waals surface area contributed by atoms with Crippen molar-refractivity contribution in [2.45, 2.75) is 6.42 Å². The van der Waals surface area contributed by atoms with E-state index in [2.05, 4.69) is 0 Å². The predicted molar refractivity (Wildman–Crippen MR) is 70.0 cm³/mol. The van der Waals surface area contributed by atoms with Crippen LogP contribution in [0, 0.1) is 0 Å². The van der Waals surface area contributed by atoms with Gasteiger partial charge in [0, 0.05) is 0 Å². The molecule has 1 aromatic carbocycles. The molecule has 0 unspecified atom stereocenters. The van der Waals surface area contributed by atoms with E-state index >= 15 is 0 Å². The number of benzene rings is 1. The molecule has 0 fully saturated rings. The van der Waals surface area contributed by atoms with E-state index in [1.807, 2.05) is 0 Å². The molecule has 0 heterocycles. The van der Waals surface area contributed by atoms with E-state index in [1.54, 1.807) is 30.3 Å². The first-order valence-corrected chi connectivity index (χ1v) is 5.56. The summed E-state index contributed by atoms with van der Waals surface area (Å²) in [6.07, 6.45) is 1.97. The molecule has 0 aliphatic rings. The van der Waals surface area contributed by atoms with E-state index < -0.39 is 29.9 Å². The van der Waals surface area contributed by atoms with E-state index in [4.69, 9.17) is 15.3 Å². The van der Waals surface area contributed by atoms with Crippen LogP contribution in [-0.2, 0) is 14.4 Å². The van der Waals surface area contributed by atoms with Crippen LogP contribution >= 0.6 is 0 Å². The van der Waals surface area contributed by atoms with Gasteiger partial charge in [-0.15, -0.1) is 0 Å². The van der Waals surface area contributed by atoms with Crippen LogP contribution in [0.15, 0.2) is 47.6 Å². The lowest BCUT2D eigenvalue weighted by Gasteiger charge is -2.03. The Morgan fingerprint density at radius 1 is 0.950 bits per heavy atom. The van der Waals surface area contributed by atoms with Gasteiger partial charge in [0.15, 0.2) is 0 Å². The quantitative estimate of drug-likeness (QED) is 0.315. The van der Waals surface area contributed by atoms with Gasteiger partial charge in [0.1, 0.15) is 5.57 Å². The number of carbonyl (C=O) groups is 3. The molecule has 0 amide bonds. The molecular formula is C14H12O6. The zero-order chi connectivity index (χ0) is 15.1. The van der Waals surface area contributed by atoms with Crippen molar-refractivity contribution >= 4 is 24.0 Å². The highest BCUT2D eigenvalue weighted by Crippen LogP contribution is 2.14. The number of aliphatic carboxylic acids is 3. The SMILES string of the molecule is O=C(O)CC(/C=C/c1ccccc1)=C(C(=O)O)C(=O)O. The topological polar surface area (TPSA) is 112 Å². The second kappa shape index (κ2) is 6.89. The Balaban J connectivity index is 3.22. The summed E-state index contributed by atoms with van der Waals surface area (Å²) in [5.41, 5.74) is -0.522. The Labute approximate surface area is 114 Å². The zero-order valence-corrected chi connectivity index (χ0v) is 10.3. The van der Waals surface area contributed by atoms with E-state index in [1.165, 1.54) is 12.2 Å². The molecular weight excluding hydrogens is 264 g/mol. The van der Waals surface area contributed by atoms with Gasteiger partial charge in [0.25, 0.3) is 0 Å². The van der Waals surface area contributed by atoms with Crippen LogP contribution in [0.2, 0.25) is 0 Å². The number of hydrogen-bond donors (Lipinski definition) is 3. The number of carboxylic acids is 3. The molecule has 20 heavy (non-hydrogen) atoms. The van der Waals surface area contributed by atoms with Crippen molar-refractivity contribution in [3.8, 4) is 0 Å². The van der Waals surface area contributed by atoms with Gasteiger partial charge in [-0.25, -0.2) is 9.59 Å². The lowest BCUT2D eigenvalue weighted by Crippen LogP contribution is -2.15. The van der Waals surface area contributed by atoms with Gasteiger partial charge in [-0.3, -0.25) is 4.79 Å². The molecule has 1 aromatic rings. The van der Waals surface area contributed by atoms with Gasteiger partial charge in [0.2, 0.25) is 0 Å². The summed E-state index contributed by atoms with van der Waals surface area (Å²) in [7, 11) is 0. The van der Waals surface area contributed by atoms with Crippen molar-refractivity contribution < 1.29 is 29.7 Å². The van der Waals surface area contributed by atoms with E-state index in [0.717, 1.165) is 0 Å². The minimum atomic E-state index is -1.67. The zero-order valence-electron chi connectivity index (χ0n) is 10.3. The fraction of sp³-hybridized carbons (Fsp3) is 0.0714. The summed E-state index contributed by atoms with van der Waals surface area (Å²) >= 11 is 0. The fourth-order valence-electron chi connectivity index (χ4n) is 1.52. The van der Waals surface area contributed by atoms with Crippen LogP contribution in [0.1, 0.15) is 12.0 Å². The average Bonchev–Trinajstić information content (AvgIpc) is 2.35. The molecule has 0 aromatic heterocycles. The lowest BCUT2D eigenvalue weighted by atomic mass is 10.0. The van der Waals surface area contributed by atoms with Gasteiger partial charge in [-0.1, -0.05) is 42.5 Å². The Hall–Kier alpha value is -2.89. The highest BCUT2D eigenvalue weighted by atomic mass is 16.4. The largest absolute Gasteiger partial charge is 0.481 e. The molecule has 6 heteroatoms. The van der Waals surface area contributed by atoms with Crippen molar-refractivity contribution in [2.24, 2.45) is 0 Å². The number of hydrogen-bond acceptors (Lipinski definition) is 3. The minimum absolute atomic E-state index is 0.277. The highest BCUT2D eigenvalue weighted by Gasteiger charge is 2.22. The molecule has 0 bridgehead atoms. The van der Waals surface area contributed by atoms with E-state index in [-0.39, 0.29) is 5.57 Å². The third-order valence-corrected chi connectivity index (χ3v) is 2.37. The molecule has 0 saturated heterocycles. The maximum absolute atomic E-state index is 10.9. The van der Waals surface area contributed by atoms with Crippen LogP contribution in [0.3, 0.4) is 0 Å². The average molecular weight is 276 g/mol.